The number of rotatable bonds is 8. The number of nitrogens with one attached hydrogen (secondary N) is 1. The fourth-order valence-corrected chi connectivity index (χ4v) is 2.51. The molecule has 3 N–H and O–H groups in total. The summed E-state index contributed by atoms with van der Waals surface area (Å²) in [6.45, 7) is 4.90. The molecule has 0 fully saturated rings. The van der Waals surface area contributed by atoms with Crippen LogP contribution in [0.4, 0.5) is 0 Å². The van der Waals surface area contributed by atoms with Crippen molar-refractivity contribution >= 4 is 5.91 Å². The first-order chi connectivity index (χ1) is 10.0. The van der Waals surface area contributed by atoms with Crippen molar-refractivity contribution in [3.05, 3.63) is 29.8 Å². The Bertz CT molecular complexity index is 451. The quantitative estimate of drug-likeness (QED) is 0.763. The van der Waals surface area contributed by atoms with E-state index in [-0.39, 0.29) is 18.0 Å². The minimum absolute atomic E-state index is 0.00296. The molecule has 0 bridgehead atoms. The number of benzene rings is 1. The topological polar surface area (TPSA) is 67.6 Å². The Kier molecular flexibility index (Phi) is 7.19. The van der Waals surface area contributed by atoms with Crippen LogP contribution in [0.15, 0.2) is 24.3 Å². The third-order valence-electron chi connectivity index (χ3n) is 3.58. The molecule has 21 heavy (non-hydrogen) atoms. The standard InChI is InChI=1S/C16H27N3O2/c1-5-13(17)16(19(3)11-15(20)18-6-2)12-9-7-8-10-14(12)21-4/h7-10,13,16H,5-6,11,17H2,1-4H3,(H,18,20). The lowest BCUT2D eigenvalue weighted by atomic mass is 9.95. The molecule has 5 heteroatoms. The largest absolute Gasteiger partial charge is 0.496 e. The van der Waals surface area contributed by atoms with Crippen LogP contribution in [0, 0.1) is 0 Å². The molecular formula is C16H27N3O2. The summed E-state index contributed by atoms with van der Waals surface area (Å²) in [7, 11) is 3.57. The van der Waals surface area contributed by atoms with Crippen LogP contribution >= 0.6 is 0 Å². The van der Waals surface area contributed by atoms with Crippen LogP contribution in [-0.4, -0.2) is 44.1 Å². The summed E-state index contributed by atoms with van der Waals surface area (Å²) in [5, 5.41) is 2.82. The molecule has 0 aliphatic carbocycles. The van der Waals surface area contributed by atoms with Gasteiger partial charge in [-0.05, 0) is 26.5 Å². The number of hydrogen-bond acceptors (Lipinski definition) is 4. The van der Waals surface area contributed by atoms with Gasteiger partial charge in [0, 0.05) is 18.2 Å². The Labute approximate surface area is 127 Å². The summed E-state index contributed by atoms with van der Waals surface area (Å²) >= 11 is 0. The number of amides is 1. The molecule has 1 aromatic rings. The van der Waals surface area contributed by atoms with Gasteiger partial charge >= 0.3 is 0 Å². The van der Waals surface area contributed by atoms with E-state index in [4.69, 9.17) is 10.5 Å². The maximum absolute atomic E-state index is 11.8. The van der Waals surface area contributed by atoms with E-state index in [0.717, 1.165) is 17.7 Å². The van der Waals surface area contributed by atoms with Gasteiger partial charge < -0.3 is 15.8 Å². The highest BCUT2D eigenvalue weighted by molar-refractivity contribution is 5.78. The molecule has 1 aromatic carbocycles. The average molecular weight is 293 g/mol. The molecule has 0 spiro atoms. The third-order valence-corrected chi connectivity index (χ3v) is 3.58. The summed E-state index contributed by atoms with van der Waals surface area (Å²) in [5.74, 6) is 0.803. The van der Waals surface area contributed by atoms with E-state index in [2.05, 4.69) is 5.32 Å². The van der Waals surface area contributed by atoms with Crippen molar-refractivity contribution in [2.75, 3.05) is 27.2 Å². The van der Waals surface area contributed by atoms with Crippen molar-refractivity contribution in [1.29, 1.82) is 0 Å². The first kappa shape index (κ1) is 17.5. The molecule has 2 atom stereocenters. The lowest BCUT2D eigenvalue weighted by molar-refractivity contribution is -0.122. The summed E-state index contributed by atoms with van der Waals surface area (Å²) in [6.07, 6.45) is 0.822. The smallest absolute Gasteiger partial charge is 0.234 e. The molecule has 0 aromatic heterocycles. The Morgan fingerprint density at radius 1 is 1.38 bits per heavy atom. The number of para-hydroxylation sites is 1. The molecule has 0 saturated heterocycles. The SMILES string of the molecule is CCNC(=O)CN(C)C(c1ccccc1OC)C(N)CC. The fourth-order valence-electron chi connectivity index (χ4n) is 2.51. The highest BCUT2D eigenvalue weighted by Crippen LogP contribution is 2.31. The molecule has 1 amide bonds. The van der Waals surface area contributed by atoms with Gasteiger partial charge in [-0.25, -0.2) is 0 Å². The zero-order valence-electron chi connectivity index (χ0n) is 13.4. The van der Waals surface area contributed by atoms with Gasteiger partial charge in [0.15, 0.2) is 0 Å². The van der Waals surface area contributed by atoms with E-state index >= 15 is 0 Å². The highest BCUT2D eigenvalue weighted by Gasteiger charge is 2.26. The minimum atomic E-state index is -0.0688. The van der Waals surface area contributed by atoms with Gasteiger partial charge in [0.1, 0.15) is 5.75 Å². The maximum atomic E-state index is 11.8. The first-order valence-electron chi connectivity index (χ1n) is 7.40. The van der Waals surface area contributed by atoms with E-state index < -0.39 is 0 Å². The Hall–Kier alpha value is -1.59. The van der Waals surface area contributed by atoms with Gasteiger partial charge in [0.05, 0.1) is 19.7 Å². The second-order valence-electron chi connectivity index (χ2n) is 5.13. The normalized spacial score (nSPS) is 13.8. The Morgan fingerprint density at radius 2 is 2.05 bits per heavy atom. The number of likely N-dealkylation sites (N-methyl/N-ethyl adjacent to an activating group) is 2. The maximum Gasteiger partial charge on any atom is 0.234 e. The van der Waals surface area contributed by atoms with Crippen LogP contribution < -0.4 is 15.8 Å². The summed E-state index contributed by atoms with van der Waals surface area (Å²) < 4.78 is 5.44. The Balaban J connectivity index is 3.02. The molecular weight excluding hydrogens is 266 g/mol. The van der Waals surface area contributed by atoms with Crippen molar-refractivity contribution in [2.24, 2.45) is 5.73 Å². The third kappa shape index (κ3) is 4.72. The fraction of sp³-hybridized carbons (Fsp3) is 0.562. The summed E-state index contributed by atoms with van der Waals surface area (Å²) in [5.41, 5.74) is 7.31. The highest BCUT2D eigenvalue weighted by atomic mass is 16.5. The second kappa shape index (κ2) is 8.64. The average Bonchev–Trinajstić information content (AvgIpc) is 2.47. The molecule has 118 valence electrons. The molecule has 0 heterocycles. The predicted octanol–water partition coefficient (Wildman–Crippen LogP) is 1.54. The van der Waals surface area contributed by atoms with E-state index in [0.29, 0.717) is 13.1 Å². The second-order valence-corrected chi connectivity index (χ2v) is 5.13. The number of hydrogen-bond donors (Lipinski definition) is 2. The number of nitrogens with two attached hydrogens (primary N) is 1. The Morgan fingerprint density at radius 3 is 2.62 bits per heavy atom. The van der Waals surface area contributed by atoms with Gasteiger partial charge in [-0.1, -0.05) is 25.1 Å². The van der Waals surface area contributed by atoms with Gasteiger partial charge in [-0.15, -0.1) is 0 Å². The van der Waals surface area contributed by atoms with Crippen molar-refractivity contribution in [3.63, 3.8) is 0 Å². The van der Waals surface area contributed by atoms with Crippen LogP contribution in [0.5, 0.6) is 5.75 Å². The van der Waals surface area contributed by atoms with Gasteiger partial charge in [0.25, 0.3) is 0 Å². The lowest BCUT2D eigenvalue weighted by Crippen LogP contribution is -2.43. The van der Waals surface area contributed by atoms with E-state index in [1.165, 1.54) is 0 Å². The molecule has 1 rings (SSSR count). The zero-order chi connectivity index (χ0) is 15.8. The van der Waals surface area contributed by atoms with Crippen LogP contribution in [0.3, 0.4) is 0 Å². The molecule has 0 aliphatic rings. The van der Waals surface area contributed by atoms with Crippen molar-refractivity contribution < 1.29 is 9.53 Å². The van der Waals surface area contributed by atoms with Crippen LogP contribution in [0.25, 0.3) is 0 Å². The summed E-state index contributed by atoms with van der Waals surface area (Å²) in [6, 6.07) is 7.70. The molecule has 2 unspecified atom stereocenters. The van der Waals surface area contributed by atoms with Crippen molar-refractivity contribution in [3.8, 4) is 5.75 Å². The lowest BCUT2D eigenvalue weighted by Gasteiger charge is -2.33. The molecule has 0 saturated carbocycles. The van der Waals surface area contributed by atoms with Crippen LogP contribution in [0.2, 0.25) is 0 Å². The van der Waals surface area contributed by atoms with E-state index in [1.54, 1.807) is 7.11 Å². The first-order valence-corrected chi connectivity index (χ1v) is 7.40. The number of nitrogens with zero attached hydrogens (tertiary/aromatic N) is 1. The molecule has 0 aliphatic heterocycles. The predicted molar refractivity (Wildman–Crippen MR) is 85.3 cm³/mol. The van der Waals surface area contributed by atoms with E-state index in [9.17, 15) is 4.79 Å². The number of ether oxygens (including phenoxy) is 1. The molecule has 0 radical (unpaired) electrons. The number of methoxy groups -OCH3 is 1. The van der Waals surface area contributed by atoms with Gasteiger partial charge in [-0.2, -0.15) is 0 Å². The monoisotopic (exact) mass is 293 g/mol. The van der Waals surface area contributed by atoms with Crippen molar-refractivity contribution in [1.82, 2.24) is 10.2 Å². The van der Waals surface area contributed by atoms with Gasteiger partial charge in [0.2, 0.25) is 5.91 Å². The minimum Gasteiger partial charge on any atom is -0.496 e. The van der Waals surface area contributed by atoms with Crippen molar-refractivity contribution in [2.45, 2.75) is 32.4 Å². The number of carbonyl (C=O) groups excluding carboxylic acids is 1. The van der Waals surface area contributed by atoms with Gasteiger partial charge in [-0.3, -0.25) is 9.69 Å². The molecule has 5 nitrogen and oxygen atoms in total. The van der Waals surface area contributed by atoms with Crippen LogP contribution in [0.1, 0.15) is 31.9 Å². The van der Waals surface area contributed by atoms with Crippen LogP contribution in [-0.2, 0) is 4.79 Å². The zero-order valence-corrected chi connectivity index (χ0v) is 13.4. The number of carbonyl (C=O) groups is 1. The summed E-state index contributed by atoms with van der Waals surface area (Å²) in [4.78, 5) is 13.8. The van der Waals surface area contributed by atoms with E-state index in [1.807, 2.05) is 50.1 Å².